The number of hydrogen-bond acceptors (Lipinski definition) is 13. The molecule has 0 aliphatic carbocycles. The van der Waals surface area contributed by atoms with Crippen LogP contribution in [0.2, 0.25) is 5.02 Å². The second kappa shape index (κ2) is 15.3. The van der Waals surface area contributed by atoms with E-state index in [1.807, 2.05) is 0 Å². The number of carbonyl (C=O) groups excluding carboxylic acids is 1. The Bertz CT molecular complexity index is 1390. The molecule has 14 nitrogen and oxygen atoms in total. The molecule has 0 saturated carbocycles. The lowest BCUT2D eigenvalue weighted by molar-refractivity contribution is -0.300. The number of anilines is 2. The van der Waals surface area contributed by atoms with E-state index in [9.17, 15) is 29.6 Å². The van der Waals surface area contributed by atoms with Gasteiger partial charge in [-0.25, -0.2) is 14.4 Å². The normalized spacial score (nSPS) is 21.8. The highest BCUT2D eigenvalue weighted by atomic mass is 35.5. The van der Waals surface area contributed by atoms with Crippen LogP contribution in [0.4, 0.5) is 15.9 Å². The Labute approximate surface area is 250 Å². The lowest BCUT2D eigenvalue weighted by Gasteiger charge is -2.39. The fraction of sp³-hybridized carbons (Fsp3) is 0.407. The van der Waals surface area contributed by atoms with Crippen molar-refractivity contribution in [1.29, 1.82) is 0 Å². The van der Waals surface area contributed by atoms with Gasteiger partial charge in [-0.2, -0.15) is 0 Å². The van der Waals surface area contributed by atoms with Gasteiger partial charge in [0.15, 0.2) is 23.7 Å². The summed E-state index contributed by atoms with van der Waals surface area (Å²) in [7, 11) is 1.42. The second-order valence-electron chi connectivity index (χ2n) is 9.35. The van der Waals surface area contributed by atoms with Gasteiger partial charge in [0.25, 0.3) is 5.91 Å². The van der Waals surface area contributed by atoms with Crippen LogP contribution in [-0.4, -0.2) is 112 Å². The number of hydrogen-bond donors (Lipinski definition) is 7. The molecule has 16 heteroatoms. The Morgan fingerprint density at radius 3 is 2.70 bits per heavy atom. The summed E-state index contributed by atoms with van der Waals surface area (Å²) in [5.41, 5.74) is 0.671. The van der Waals surface area contributed by atoms with Gasteiger partial charge in [0, 0.05) is 37.1 Å². The highest BCUT2D eigenvalue weighted by Gasteiger charge is 2.43. The maximum atomic E-state index is 14.4. The Hall–Kier alpha value is -3.54. The van der Waals surface area contributed by atoms with Crippen LogP contribution >= 0.6 is 11.6 Å². The molecule has 4 rings (SSSR count). The summed E-state index contributed by atoms with van der Waals surface area (Å²) in [5.74, 6) is -0.481. The van der Waals surface area contributed by atoms with Crippen molar-refractivity contribution in [2.45, 2.75) is 30.7 Å². The molecule has 1 saturated heterocycles. The van der Waals surface area contributed by atoms with Crippen LogP contribution in [0.3, 0.4) is 0 Å². The number of aliphatic hydroxyl groups excluding tert-OH is 4. The highest BCUT2D eigenvalue weighted by Crippen LogP contribution is 2.30. The van der Waals surface area contributed by atoms with Gasteiger partial charge in [0.2, 0.25) is 0 Å². The van der Waals surface area contributed by atoms with Gasteiger partial charge in [-0.3, -0.25) is 9.78 Å². The van der Waals surface area contributed by atoms with Crippen LogP contribution in [0.25, 0.3) is 11.4 Å². The lowest BCUT2D eigenvalue weighted by atomic mass is 9.99. The molecule has 1 aromatic carbocycles. The predicted molar refractivity (Wildman–Crippen MR) is 151 cm³/mol. The van der Waals surface area contributed by atoms with Gasteiger partial charge in [-0.1, -0.05) is 11.6 Å². The van der Waals surface area contributed by atoms with E-state index >= 15 is 0 Å². The van der Waals surface area contributed by atoms with Gasteiger partial charge < -0.3 is 50.6 Å². The van der Waals surface area contributed by atoms with Crippen LogP contribution < -0.4 is 20.7 Å². The molecule has 5 atom stereocenters. The third-order valence-corrected chi connectivity index (χ3v) is 6.70. The molecule has 1 unspecified atom stereocenters. The third kappa shape index (κ3) is 8.10. The molecule has 3 aromatic rings. The molecule has 43 heavy (non-hydrogen) atoms. The second-order valence-corrected chi connectivity index (χ2v) is 9.79. The number of nitrogens with one attached hydrogen (secondary N) is 3. The van der Waals surface area contributed by atoms with Crippen molar-refractivity contribution in [3.63, 3.8) is 0 Å². The monoisotopic (exact) mass is 622 g/mol. The molecule has 0 spiro atoms. The fourth-order valence-corrected chi connectivity index (χ4v) is 4.33. The van der Waals surface area contributed by atoms with Crippen molar-refractivity contribution in [3.05, 3.63) is 59.3 Å². The molecule has 0 bridgehead atoms. The molecule has 3 heterocycles. The van der Waals surface area contributed by atoms with Crippen molar-refractivity contribution in [2.24, 2.45) is 0 Å². The minimum absolute atomic E-state index is 0.0601. The minimum Gasteiger partial charge on any atom is -0.491 e. The van der Waals surface area contributed by atoms with Gasteiger partial charge in [-0.15, -0.1) is 0 Å². The fourth-order valence-electron chi connectivity index (χ4n) is 4.16. The molecule has 0 radical (unpaired) electrons. The average Bonchev–Trinajstić information content (AvgIpc) is 3.01. The summed E-state index contributed by atoms with van der Waals surface area (Å²) >= 11 is 6.02. The van der Waals surface area contributed by atoms with E-state index in [-0.39, 0.29) is 41.7 Å². The van der Waals surface area contributed by atoms with Crippen molar-refractivity contribution in [3.8, 4) is 17.1 Å². The van der Waals surface area contributed by atoms with Gasteiger partial charge in [0.05, 0.1) is 43.3 Å². The molecular formula is C27H32ClFN6O8. The van der Waals surface area contributed by atoms with Gasteiger partial charge >= 0.3 is 0 Å². The van der Waals surface area contributed by atoms with Crippen molar-refractivity contribution in [2.75, 3.05) is 45.3 Å². The largest absolute Gasteiger partial charge is 0.491 e. The first-order valence-electron chi connectivity index (χ1n) is 13.2. The zero-order chi connectivity index (χ0) is 30.9. The Kier molecular flexibility index (Phi) is 11.5. The number of pyridine rings is 1. The summed E-state index contributed by atoms with van der Waals surface area (Å²) in [6.45, 7) is 0.444. The SMILES string of the molecule is COc1cnc(-c2cc(Cl)ccc2F)nc1Nc1ccncc1C(=O)NCCNCCOC1O[C@H](CO)[C@@H](O)[C@H](O)[C@H]1O. The molecular weight excluding hydrogens is 591 g/mol. The molecule has 1 aliphatic rings. The number of methoxy groups -OCH3 is 1. The van der Waals surface area contributed by atoms with Gasteiger partial charge in [-0.05, 0) is 24.3 Å². The summed E-state index contributed by atoms with van der Waals surface area (Å²) in [4.78, 5) is 25.5. The summed E-state index contributed by atoms with van der Waals surface area (Å²) in [6, 6.07) is 5.61. The number of halogens is 2. The summed E-state index contributed by atoms with van der Waals surface area (Å²) in [5, 5.41) is 48.1. The molecule has 7 N–H and O–H groups in total. The van der Waals surface area contributed by atoms with E-state index in [1.54, 1.807) is 6.07 Å². The van der Waals surface area contributed by atoms with Crippen molar-refractivity contribution in [1.82, 2.24) is 25.6 Å². The zero-order valence-corrected chi connectivity index (χ0v) is 23.7. The average molecular weight is 623 g/mol. The first kappa shape index (κ1) is 32.4. The number of benzene rings is 1. The van der Waals surface area contributed by atoms with E-state index < -0.39 is 49.0 Å². The minimum atomic E-state index is -1.52. The predicted octanol–water partition coefficient (Wildman–Crippen LogP) is 0.219. The topological polar surface area (TPSA) is 200 Å². The quantitative estimate of drug-likeness (QED) is 0.128. The Balaban J connectivity index is 1.30. The first-order valence-corrected chi connectivity index (χ1v) is 13.6. The molecule has 1 amide bonds. The Morgan fingerprint density at radius 2 is 1.93 bits per heavy atom. The number of amides is 1. The highest BCUT2D eigenvalue weighted by molar-refractivity contribution is 6.30. The third-order valence-electron chi connectivity index (χ3n) is 6.46. The maximum Gasteiger partial charge on any atom is 0.255 e. The van der Waals surface area contributed by atoms with E-state index in [0.29, 0.717) is 23.8 Å². The number of ether oxygens (including phenoxy) is 3. The smallest absolute Gasteiger partial charge is 0.255 e. The number of rotatable bonds is 13. The number of aromatic nitrogens is 3. The van der Waals surface area contributed by atoms with Crippen LogP contribution in [0.15, 0.2) is 42.9 Å². The van der Waals surface area contributed by atoms with E-state index in [2.05, 4.69) is 30.9 Å². The lowest BCUT2D eigenvalue weighted by Crippen LogP contribution is -2.59. The van der Waals surface area contributed by atoms with Crippen molar-refractivity contribution < 1.29 is 43.8 Å². The van der Waals surface area contributed by atoms with Crippen molar-refractivity contribution >= 4 is 29.0 Å². The molecule has 1 aliphatic heterocycles. The van der Waals surface area contributed by atoms with E-state index in [0.717, 1.165) is 0 Å². The van der Waals surface area contributed by atoms with Crippen LogP contribution in [0.5, 0.6) is 5.75 Å². The molecule has 232 valence electrons. The van der Waals surface area contributed by atoms with E-state index in [1.165, 1.54) is 43.9 Å². The number of carbonyl (C=O) groups is 1. The van der Waals surface area contributed by atoms with Crippen LogP contribution in [-0.2, 0) is 9.47 Å². The van der Waals surface area contributed by atoms with Gasteiger partial charge in [0.1, 0.15) is 30.2 Å². The number of aliphatic hydroxyl groups is 4. The maximum absolute atomic E-state index is 14.4. The molecule has 2 aromatic heterocycles. The summed E-state index contributed by atoms with van der Waals surface area (Å²) < 4.78 is 30.5. The standard InChI is InChI=1S/C27H32ClFN6O8/c1-41-19-12-33-24(15-10-14(28)2-3-17(15)29)35-25(19)34-18-4-5-31-11-16(18)26(40)32-7-6-30-8-9-42-27-23(39)22(38)21(37)20(13-36)43-27/h2-5,10-12,20-23,27,30,36-39H,6-9,13H2,1H3,(H,32,40)(H,31,33,34,35)/t20-,21-,22+,23-,27?/m1/s1. The first-order chi connectivity index (χ1) is 20.7. The Morgan fingerprint density at radius 1 is 1.12 bits per heavy atom. The number of nitrogens with zero attached hydrogens (tertiary/aromatic N) is 3. The summed E-state index contributed by atoms with van der Waals surface area (Å²) in [6.07, 6.45) is -2.49. The molecule has 1 fully saturated rings. The van der Waals surface area contributed by atoms with Crippen LogP contribution in [0.1, 0.15) is 10.4 Å². The van der Waals surface area contributed by atoms with Crippen LogP contribution in [0, 0.1) is 5.82 Å². The zero-order valence-electron chi connectivity index (χ0n) is 23.0. The van der Waals surface area contributed by atoms with E-state index in [4.69, 9.17) is 25.8 Å².